The van der Waals surface area contributed by atoms with E-state index in [0.717, 1.165) is 17.5 Å². The average molecular weight is 579 g/mol. The molecule has 2 aliphatic rings. The largest absolute Gasteiger partial charge is 0.355 e. The third-order valence-corrected chi connectivity index (χ3v) is 10.7. The summed E-state index contributed by atoms with van der Waals surface area (Å²) in [5.41, 5.74) is 2.71. The Hall–Kier alpha value is -3.97. The Bertz CT molecular complexity index is 1860. The molecular weight excluding hydrogens is 552 g/mol. The topological polar surface area (TPSA) is 152 Å². The SMILES string of the molecule is CS(=O)(=O)c1cncc(C(=O)NCc2cc3nc(-c4cccc(N5C[C@@H]6CCS(=O)(=O)[C@@H]6C5)n4)ccc3cn2)c1. The monoisotopic (exact) mass is 578 g/mol. The van der Waals surface area contributed by atoms with Gasteiger partial charge in [0.25, 0.3) is 5.91 Å². The first-order chi connectivity index (χ1) is 19.1. The van der Waals surface area contributed by atoms with Gasteiger partial charge in [-0.25, -0.2) is 26.8 Å². The number of carbonyl (C=O) groups excluding carboxylic acids is 1. The lowest BCUT2D eigenvalue weighted by Crippen LogP contribution is -2.27. The van der Waals surface area contributed by atoms with Gasteiger partial charge in [0.2, 0.25) is 0 Å². The van der Waals surface area contributed by atoms with Crippen LogP contribution < -0.4 is 10.2 Å². The number of fused-ring (bicyclic) bond motifs is 2. The molecule has 40 heavy (non-hydrogen) atoms. The van der Waals surface area contributed by atoms with Crippen LogP contribution in [0.2, 0.25) is 0 Å². The Morgan fingerprint density at radius 2 is 1.88 bits per heavy atom. The second-order valence-corrected chi connectivity index (χ2v) is 14.5. The van der Waals surface area contributed by atoms with Crippen LogP contribution in [0.4, 0.5) is 5.82 Å². The molecule has 0 unspecified atom stereocenters. The number of pyridine rings is 4. The van der Waals surface area contributed by atoms with Crippen LogP contribution in [0.5, 0.6) is 0 Å². The molecule has 0 bridgehead atoms. The van der Waals surface area contributed by atoms with E-state index >= 15 is 0 Å². The molecule has 4 aromatic rings. The molecule has 0 saturated carbocycles. The number of nitrogens with zero attached hydrogens (tertiary/aromatic N) is 5. The predicted molar refractivity (Wildman–Crippen MR) is 149 cm³/mol. The second kappa shape index (κ2) is 9.89. The fourth-order valence-corrected chi connectivity index (χ4v) is 7.98. The van der Waals surface area contributed by atoms with Crippen LogP contribution >= 0.6 is 0 Å². The van der Waals surface area contributed by atoms with E-state index in [1.165, 1.54) is 18.5 Å². The van der Waals surface area contributed by atoms with Crippen LogP contribution in [0.1, 0.15) is 22.5 Å². The predicted octanol–water partition coefficient (Wildman–Crippen LogP) is 2.04. The first-order valence-corrected chi connectivity index (χ1v) is 16.3. The minimum atomic E-state index is -3.49. The highest BCUT2D eigenvalue weighted by atomic mass is 32.2. The van der Waals surface area contributed by atoms with Crippen molar-refractivity contribution in [3.05, 3.63) is 72.3 Å². The van der Waals surface area contributed by atoms with Crippen molar-refractivity contribution in [2.45, 2.75) is 23.1 Å². The lowest BCUT2D eigenvalue weighted by molar-refractivity contribution is 0.0950. The van der Waals surface area contributed by atoms with E-state index in [0.29, 0.717) is 42.1 Å². The molecule has 1 N–H and O–H groups in total. The molecule has 1 amide bonds. The maximum atomic E-state index is 12.6. The van der Waals surface area contributed by atoms with E-state index < -0.39 is 25.6 Å². The summed E-state index contributed by atoms with van der Waals surface area (Å²) in [6.45, 7) is 1.25. The third-order valence-electron chi connectivity index (χ3n) is 7.40. The van der Waals surface area contributed by atoms with Crippen LogP contribution in [0.25, 0.3) is 22.3 Å². The molecule has 2 aliphatic heterocycles. The maximum absolute atomic E-state index is 12.6. The van der Waals surface area contributed by atoms with Gasteiger partial charge in [0.15, 0.2) is 19.7 Å². The number of nitrogens with one attached hydrogen (secondary N) is 1. The molecule has 2 fully saturated rings. The van der Waals surface area contributed by atoms with Gasteiger partial charge < -0.3 is 10.2 Å². The average Bonchev–Trinajstić information content (AvgIpc) is 3.51. The van der Waals surface area contributed by atoms with Gasteiger partial charge in [-0.1, -0.05) is 6.07 Å². The van der Waals surface area contributed by atoms with Crippen molar-refractivity contribution >= 4 is 42.3 Å². The van der Waals surface area contributed by atoms with Crippen molar-refractivity contribution in [1.29, 1.82) is 0 Å². The Morgan fingerprint density at radius 3 is 2.67 bits per heavy atom. The Morgan fingerprint density at radius 1 is 1.05 bits per heavy atom. The lowest BCUT2D eigenvalue weighted by atomic mass is 10.1. The molecule has 0 aromatic carbocycles. The van der Waals surface area contributed by atoms with Crippen LogP contribution in [0.15, 0.2) is 66.0 Å². The molecule has 4 aromatic heterocycles. The number of hydrogen-bond donors (Lipinski definition) is 1. The Balaban J connectivity index is 1.19. The smallest absolute Gasteiger partial charge is 0.253 e. The van der Waals surface area contributed by atoms with Gasteiger partial charge in [-0.2, -0.15) is 0 Å². The summed E-state index contributed by atoms with van der Waals surface area (Å²) >= 11 is 0. The number of sulfone groups is 2. The maximum Gasteiger partial charge on any atom is 0.253 e. The molecule has 13 heteroatoms. The van der Waals surface area contributed by atoms with Crippen molar-refractivity contribution in [1.82, 2.24) is 25.3 Å². The minimum absolute atomic E-state index is 0.0315. The van der Waals surface area contributed by atoms with Crippen molar-refractivity contribution in [2.75, 3.05) is 30.0 Å². The van der Waals surface area contributed by atoms with E-state index in [2.05, 4.69) is 15.3 Å². The highest BCUT2D eigenvalue weighted by Gasteiger charge is 2.46. The van der Waals surface area contributed by atoms with E-state index in [1.807, 2.05) is 35.2 Å². The lowest BCUT2D eigenvalue weighted by Gasteiger charge is -2.19. The van der Waals surface area contributed by atoms with E-state index in [4.69, 9.17) is 9.97 Å². The van der Waals surface area contributed by atoms with Gasteiger partial charge in [-0.15, -0.1) is 0 Å². The fourth-order valence-electron chi connectivity index (χ4n) is 5.24. The number of hydrogen-bond acceptors (Lipinski definition) is 10. The molecular formula is C27H26N6O5S2. The highest BCUT2D eigenvalue weighted by Crippen LogP contribution is 2.35. The first-order valence-electron chi connectivity index (χ1n) is 12.7. The zero-order chi connectivity index (χ0) is 28.1. The highest BCUT2D eigenvalue weighted by molar-refractivity contribution is 7.92. The number of anilines is 1. The molecule has 6 rings (SSSR count). The third kappa shape index (κ3) is 5.13. The molecule has 0 radical (unpaired) electrons. The van der Waals surface area contributed by atoms with Gasteiger partial charge >= 0.3 is 0 Å². The normalized spacial score (nSPS) is 20.0. The summed E-state index contributed by atoms with van der Waals surface area (Å²) < 4.78 is 48.3. The number of aromatic nitrogens is 4. The molecule has 0 aliphatic carbocycles. The Kier molecular flexibility index (Phi) is 6.50. The second-order valence-electron chi connectivity index (χ2n) is 10.2. The fraction of sp³-hybridized carbons (Fsp3) is 0.296. The summed E-state index contributed by atoms with van der Waals surface area (Å²) in [7, 11) is -6.52. The summed E-state index contributed by atoms with van der Waals surface area (Å²) in [4.78, 5) is 32.4. The summed E-state index contributed by atoms with van der Waals surface area (Å²) in [5.74, 6) is 0.692. The summed E-state index contributed by atoms with van der Waals surface area (Å²) in [6.07, 6.45) is 5.94. The molecule has 2 atom stereocenters. The van der Waals surface area contributed by atoms with Crippen LogP contribution in [-0.2, 0) is 26.2 Å². The van der Waals surface area contributed by atoms with Gasteiger partial charge in [0, 0.05) is 43.3 Å². The Labute approximate surface area is 231 Å². The summed E-state index contributed by atoms with van der Waals surface area (Å²) in [5, 5.41) is 3.24. The molecule has 206 valence electrons. The zero-order valence-corrected chi connectivity index (χ0v) is 23.2. The standard InChI is InChI=1S/C27H26N6O5S2/c1-39(35,36)21-9-19(11-28-14-21)27(34)30-13-20-10-24-17(12-29-20)5-6-23(31-24)22-3-2-4-26(32-22)33-15-18-7-8-40(37,38)25(18)16-33/h2-6,9-12,14,18,25H,7-8,13,15-16H2,1H3,(H,30,34)/t18-,25+/m0/s1. The minimum Gasteiger partial charge on any atom is -0.355 e. The van der Waals surface area contributed by atoms with Crippen molar-refractivity contribution in [3.63, 3.8) is 0 Å². The van der Waals surface area contributed by atoms with Crippen LogP contribution in [0.3, 0.4) is 0 Å². The number of carbonyl (C=O) groups is 1. The van der Waals surface area contributed by atoms with E-state index in [9.17, 15) is 21.6 Å². The van der Waals surface area contributed by atoms with Crippen molar-refractivity contribution < 1.29 is 21.6 Å². The van der Waals surface area contributed by atoms with Crippen LogP contribution in [0, 0.1) is 5.92 Å². The van der Waals surface area contributed by atoms with Crippen molar-refractivity contribution in [2.24, 2.45) is 5.92 Å². The zero-order valence-electron chi connectivity index (χ0n) is 21.6. The molecule has 2 saturated heterocycles. The van der Waals surface area contributed by atoms with Gasteiger partial charge in [0.05, 0.1) is 50.6 Å². The molecule has 11 nitrogen and oxygen atoms in total. The molecule has 6 heterocycles. The van der Waals surface area contributed by atoms with Gasteiger partial charge in [-0.3, -0.25) is 14.8 Å². The van der Waals surface area contributed by atoms with E-state index in [1.54, 1.807) is 12.3 Å². The van der Waals surface area contributed by atoms with Gasteiger partial charge in [-0.05, 0) is 48.7 Å². The number of rotatable bonds is 6. The van der Waals surface area contributed by atoms with Crippen LogP contribution in [-0.4, -0.2) is 73.0 Å². The summed E-state index contributed by atoms with van der Waals surface area (Å²) in [6, 6.07) is 12.5. The quantitative estimate of drug-likeness (QED) is 0.360. The van der Waals surface area contributed by atoms with Gasteiger partial charge in [0.1, 0.15) is 5.82 Å². The molecule has 0 spiro atoms. The number of amides is 1. The van der Waals surface area contributed by atoms with E-state index in [-0.39, 0.29) is 33.9 Å². The van der Waals surface area contributed by atoms with Crippen molar-refractivity contribution in [3.8, 4) is 11.4 Å². The first kappa shape index (κ1) is 26.3.